The number of H-pyrrole nitrogens is 2. The number of methoxy groups -OCH3 is 2. The summed E-state index contributed by atoms with van der Waals surface area (Å²) in [4.78, 5) is 68.9. The number of hydrogen-bond acceptors (Lipinski definition) is 8. The third-order valence-corrected chi connectivity index (χ3v) is 11.0. The molecular weight excluding hydrogens is 733 g/mol. The molecule has 12 nitrogen and oxygen atoms in total. The van der Waals surface area contributed by atoms with E-state index in [9.17, 15) is 19.2 Å². The van der Waals surface area contributed by atoms with Gasteiger partial charge in [0.2, 0.25) is 11.8 Å². The highest BCUT2D eigenvalue weighted by Crippen LogP contribution is 2.38. The van der Waals surface area contributed by atoms with Crippen LogP contribution in [0.5, 0.6) is 0 Å². The molecule has 2 amide bonds. The maximum absolute atomic E-state index is 13.3. The van der Waals surface area contributed by atoms with Crippen molar-refractivity contribution in [1.82, 2.24) is 30.6 Å². The van der Waals surface area contributed by atoms with Gasteiger partial charge in [-0.05, 0) is 111 Å². The Labute approximate surface area is 340 Å². The summed E-state index contributed by atoms with van der Waals surface area (Å²) < 4.78 is 9.87. The molecule has 0 aliphatic carbocycles. The zero-order valence-corrected chi connectivity index (χ0v) is 35.0. The number of amides is 2. The van der Waals surface area contributed by atoms with E-state index in [2.05, 4.69) is 46.7 Å². The number of aryl methyl sites for hydroxylation is 2. The Morgan fingerprint density at radius 3 is 1.43 bits per heavy atom. The molecule has 0 fully saturated rings. The summed E-state index contributed by atoms with van der Waals surface area (Å²) in [7, 11) is 2.63. The molecule has 12 heteroatoms. The minimum absolute atomic E-state index is 0.112. The van der Waals surface area contributed by atoms with Crippen LogP contribution in [0, 0.1) is 13.8 Å². The van der Waals surface area contributed by atoms with Gasteiger partial charge in [-0.3, -0.25) is 9.59 Å². The van der Waals surface area contributed by atoms with Gasteiger partial charge < -0.3 is 30.1 Å². The van der Waals surface area contributed by atoms with Crippen LogP contribution in [-0.2, 0) is 28.7 Å². The van der Waals surface area contributed by atoms with Gasteiger partial charge in [-0.15, -0.1) is 0 Å². The lowest BCUT2D eigenvalue weighted by molar-refractivity contribution is -0.145. The zero-order valence-electron chi connectivity index (χ0n) is 35.0. The molecule has 4 N–H and O–H groups in total. The smallest absolute Gasteiger partial charge is 0.328 e. The first kappa shape index (κ1) is 43.1. The van der Waals surface area contributed by atoms with Crippen molar-refractivity contribution < 1.29 is 28.7 Å². The van der Waals surface area contributed by atoms with Crippen molar-refractivity contribution >= 4 is 80.3 Å². The minimum atomic E-state index is -0.726. The van der Waals surface area contributed by atoms with Crippen LogP contribution >= 0.6 is 0 Å². The first-order valence-electron chi connectivity index (χ1n) is 19.9. The number of aromatic amines is 2. The second-order valence-electron chi connectivity index (χ2n) is 14.8. The fourth-order valence-corrected chi connectivity index (χ4v) is 7.67. The number of nitrogens with zero attached hydrogens (tertiary/aromatic N) is 2. The fourth-order valence-electron chi connectivity index (χ4n) is 7.67. The predicted molar refractivity (Wildman–Crippen MR) is 232 cm³/mol. The molecule has 58 heavy (non-hydrogen) atoms. The molecule has 306 valence electrons. The van der Waals surface area contributed by atoms with Crippen LogP contribution in [0.25, 0.3) is 56.5 Å². The van der Waals surface area contributed by atoms with Crippen molar-refractivity contribution in [3.8, 4) is 0 Å². The molecule has 2 unspecified atom stereocenters. The monoisotopic (exact) mass is 788 g/mol. The summed E-state index contributed by atoms with van der Waals surface area (Å²) in [5.74, 6) is -1.49. The van der Waals surface area contributed by atoms with Crippen LogP contribution in [0.2, 0.25) is 0 Å². The van der Waals surface area contributed by atoms with Crippen molar-refractivity contribution in [1.29, 1.82) is 0 Å². The number of hydrogen-bond donors (Lipinski definition) is 4. The van der Waals surface area contributed by atoms with Crippen LogP contribution in [0.3, 0.4) is 0 Å². The van der Waals surface area contributed by atoms with E-state index >= 15 is 0 Å². The van der Waals surface area contributed by atoms with Gasteiger partial charge in [0.25, 0.3) is 0 Å². The van der Waals surface area contributed by atoms with E-state index in [0.29, 0.717) is 55.6 Å². The Morgan fingerprint density at radius 2 is 1.03 bits per heavy atom. The van der Waals surface area contributed by atoms with Crippen LogP contribution in [0.4, 0.5) is 0 Å². The van der Waals surface area contributed by atoms with E-state index < -0.39 is 24.0 Å². The highest BCUT2D eigenvalue weighted by atomic mass is 16.5. The predicted octanol–water partition coefficient (Wildman–Crippen LogP) is 8.56. The third kappa shape index (κ3) is 9.22. The van der Waals surface area contributed by atoms with E-state index in [4.69, 9.17) is 19.4 Å². The maximum Gasteiger partial charge on any atom is 0.328 e. The Balaban J connectivity index is 1.69. The quantitative estimate of drug-likeness (QED) is 0.105. The van der Waals surface area contributed by atoms with Crippen molar-refractivity contribution in [2.24, 2.45) is 0 Å². The van der Waals surface area contributed by atoms with Crippen molar-refractivity contribution in [2.75, 3.05) is 14.2 Å². The number of fused-ring (bicyclic) bond motifs is 8. The van der Waals surface area contributed by atoms with Gasteiger partial charge >= 0.3 is 11.9 Å². The molecule has 8 bridgehead atoms. The number of allylic oxidation sites excluding steroid dienone is 4. The van der Waals surface area contributed by atoms with Gasteiger partial charge in [-0.25, -0.2) is 19.6 Å². The van der Waals surface area contributed by atoms with E-state index in [1.165, 1.54) is 14.2 Å². The standard InChI is InChI=1S/C46H56N6O6/c1-11-15-33(45(55)57-9)51-43(53)19-17-31-27(7)36-21-35-25(5)29(13-3)39(47-35)22-37-26(6)30(14-4)40(48-37)23-38-28(8)32(42(50-38)24-41(31)49-36)18-20-44(54)52-34(16-12-2)46(56)58-10/h13-14,21-24,33-34,47-48H,3-4,11-12,15-20H2,1-2,5-10H3,(H,51,53)(H,52,54). The molecule has 5 heterocycles. The molecule has 0 spiro atoms. The Bertz CT molecular complexity index is 2380. The molecule has 0 saturated carbocycles. The zero-order chi connectivity index (χ0) is 42.3. The Hall–Kier alpha value is -6.04. The molecule has 2 aliphatic heterocycles. The first-order chi connectivity index (χ1) is 27.8. The summed E-state index contributed by atoms with van der Waals surface area (Å²) in [5, 5.41) is 5.71. The minimum Gasteiger partial charge on any atom is -0.467 e. The van der Waals surface area contributed by atoms with Gasteiger partial charge in [-0.2, -0.15) is 0 Å². The average molecular weight is 789 g/mol. The largest absolute Gasteiger partial charge is 0.467 e. The van der Waals surface area contributed by atoms with Gasteiger partial charge in [0.1, 0.15) is 12.1 Å². The number of esters is 2. The molecular formula is C46H56N6O6. The highest BCUT2D eigenvalue weighted by molar-refractivity contribution is 5.98. The lowest BCUT2D eigenvalue weighted by Crippen LogP contribution is -2.41. The molecule has 3 aromatic heterocycles. The summed E-state index contributed by atoms with van der Waals surface area (Å²) in [5.41, 5.74) is 13.7. The average Bonchev–Trinajstić information content (AvgIpc) is 3.87. The Morgan fingerprint density at radius 1 is 0.638 bits per heavy atom. The van der Waals surface area contributed by atoms with E-state index in [1.807, 2.05) is 65.0 Å². The second-order valence-corrected chi connectivity index (χ2v) is 14.8. The van der Waals surface area contributed by atoms with E-state index in [-0.39, 0.29) is 24.7 Å². The van der Waals surface area contributed by atoms with Gasteiger partial charge in [0, 0.05) is 46.0 Å². The lowest BCUT2D eigenvalue weighted by atomic mass is 9.98. The van der Waals surface area contributed by atoms with Gasteiger partial charge in [0.05, 0.1) is 37.0 Å². The molecule has 2 atom stereocenters. The van der Waals surface area contributed by atoms with E-state index in [1.54, 1.807) is 0 Å². The number of carbonyl (C=O) groups is 4. The van der Waals surface area contributed by atoms with Crippen molar-refractivity contribution in [2.45, 2.75) is 105 Å². The number of carbonyl (C=O) groups excluding carboxylic acids is 4. The topological polar surface area (TPSA) is 168 Å². The van der Waals surface area contributed by atoms with Crippen LogP contribution in [-0.4, -0.2) is 70.0 Å². The van der Waals surface area contributed by atoms with Crippen molar-refractivity contribution in [3.05, 3.63) is 82.5 Å². The maximum atomic E-state index is 13.3. The van der Waals surface area contributed by atoms with Crippen LogP contribution in [0.1, 0.15) is 124 Å². The molecule has 5 rings (SSSR count). The van der Waals surface area contributed by atoms with E-state index in [0.717, 1.165) is 72.3 Å². The number of nitrogens with one attached hydrogen (secondary N) is 4. The molecule has 2 aliphatic rings. The summed E-state index contributed by atoms with van der Waals surface area (Å²) in [6.07, 6.45) is 6.94. The molecule has 0 aromatic carbocycles. The Kier molecular flexibility index (Phi) is 14.1. The number of rotatable bonds is 16. The third-order valence-electron chi connectivity index (χ3n) is 11.0. The number of ether oxygens (including phenoxy) is 2. The van der Waals surface area contributed by atoms with Gasteiger partial charge in [0.15, 0.2) is 0 Å². The molecule has 0 radical (unpaired) electrons. The van der Waals surface area contributed by atoms with Crippen molar-refractivity contribution in [3.63, 3.8) is 0 Å². The SMILES string of the molecule is C=Cc1c(C)c2cc3[nH]c(cc4nc(cc5nc(cc1[nH]2)C(C)=C5CCC(=O)NC(CCC)C(=O)OC)C(CCC(=O)NC(CCC)C(=O)OC)=C4C)c(C)c3C=C. The summed E-state index contributed by atoms with van der Waals surface area (Å²) >= 11 is 0. The van der Waals surface area contributed by atoms with Crippen LogP contribution < -0.4 is 10.6 Å². The molecule has 3 aromatic rings. The molecule has 0 saturated heterocycles. The first-order valence-corrected chi connectivity index (χ1v) is 19.9. The number of aromatic nitrogens is 4. The lowest BCUT2D eigenvalue weighted by Gasteiger charge is -2.16. The highest BCUT2D eigenvalue weighted by Gasteiger charge is 2.26. The summed E-state index contributed by atoms with van der Waals surface area (Å²) in [6, 6.07) is 6.57. The van der Waals surface area contributed by atoms with Gasteiger partial charge in [-0.1, -0.05) is 52.0 Å². The van der Waals surface area contributed by atoms with Crippen LogP contribution in [0.15, 0.2) is 37.4 Å². The normalized spacial score (nSPS) is 13.5. The fraction of sp³-hybridized carbons (Fsp3) is 0.391. The summed E-state index contributed by atoms with van der Waals surface area (Å²) in [6.45, 7) is 20.2. The second kappa shape index (κ2) is 18.9.